The maximum absolute atomic E-state index is 6.31. The molecule has 0 saturated carbocycles. The van der Waals surface area contributed by atoms with Gasteiger partial charge in [0.2, 0.25) is 0 Å². The number of ether oxygens (including phenoxy) is 2. The lowest BCUT2D eigenvalue weighted by Crippen LogP contribution is -2.47. The van der Waals surface area contributed by atoms with Gasteiger partial charge < -0.3 is 14.8 Å². The second kappa shape index (κ2) is 6.59. The van der Waals surface area contributed by atoms with Crippen LogP contribution in [0.4, 0.5) is 0 Å². The average Bonchev–Trinajstić information content (AvgIpc) is 2.45. The minimum Gasteiger partial charge on any atom is -0.484 e. The molecule has 0 bridgehead atoms. The first kappa shape index (κ1) is 15.3. The molecule has 3 heteroatoms. The van der Waals surface area contributed by atoms with Crippen LogP contribution in [0, 0.1) is 6.92 Å². The second-order valence-electron chi connectivity index (χ2n) is 5.82. The van der Waals surface area contributed by atoms with Crippen molar-refractivity contribution in [1.82, 2.24) is 5.32 Å². The molecule has 2 atom stereocenters. The molecule has 3 nitrogen and oxygen atoms in total. The normalized spacial score (nSPS) is 25.1. The Morgan fingerprint density at radius 1 is 1.40 bits per heavy atom. The van der Waals surface area contributed by atoms with Crippen molar-refractivity contribution in [3.63, 3.8) is 0 Å². The molecule has 0 aromatic heterocycles. The predicted octanol–water partition coefficient (Wildman–Crippen LogP) is 3.61. The zero-order chi connectivity index (χ0) is 14.6. The SMILES string of the molecule is CCCNC1CC(CC)(COC)Oc2ccc(C)cc21. The van der Waals surface area contributed by atoms with E-state index in [0.29, 0.717) is 12.6 Å². The van der Waals surface area contributed by atoms with Crippen LogP contribution < -0.4 is 10.1 Å². The summed E-state index contributed by atoms with van der Waals surface area (Å²) < 4.78 is 11.7. The van der Waals surface area contributed by atoms with E-state index in [1.165, 1.54) is 11.1 Å². The van der Waals surface area contributed by atoms with Crippen LogP contribution in [0.1, 0.15) is 50.3 Å². The third kappa shape index (κ3) is 3.15. The molecule has 1 heterocycles. The highest BCUT2D eigenvalue weighted by Crippen LogP contribution is 2.41. The van der Waals surface area contributed by atoms with Crippen LogP contribution in [-0.4, -0.2) is 25.9 Å². The summed E-state index contributed by atoms with van der Waals surface area (Å²) in [5.41, 5.74) is 2.37. The molecule has 1 aromatic rings. The van der Waals surface area contributed by atoms with E-state index >= 15 is 0 Å². The Kier molecular flexibility index (Phi) is 5.06. The van der Waals surface area contributed by atoms with Crippen molar-refractivity contribution in [2.45, 2.75) is 51.7 Å². The average molecular weight is 277 g/mol. The number of hydrogen-bond donors (Lipinski definition) is 1. The first-order valence-corrected chi connectivity index (χ1v) is 7.66. The van der Waals surface area contributed by atoms with Gasteiger partial charge in [0.1, 0.15) is 11.4 Å². The van der Waals surface area contributed by atoms with Crippen LogP contribution in [0.15, 0.2) is 18.2 Å². The molecule has 0 spiro atoms. The maximum atomic E-state index is 6.31. The Balaban J connectivity index is 2.32. The van der Waals surface area contributed by atoms with Crippen LogP contribution in [0.5, 0.6) is 5.75 Å². The summed E-state index contributed by atoms with van der Waals surface area (Å²) in [5.74, 6) is 1.01. The quantitative estimate of drug-likeness (QED) is 0.861. The monoisotopic (exact) mass is 277 g/mol. The van der Waals surface area contributed by atoms with Gasteiger partial charge in [-0.25, -0.2) is 0 Å². The molecule has 1 aromatic carbocycles. The number of nitrogens with one attached hydrogen (secondary N) is 1. The van der Waals surface area contributed by atoms with Crippen LogP contribution in [0.25, 0.3) is 0 Å². The molecule has 20 heavy (non-hydrogen) atoms. The van der Waals surface area contributed by atoms with Gasteiger partial charge in [0.15, 0.2) is 0 Å². The molecule has 0 saturated heterocycles. The van der Waals surface area contributed by atoms with E-state index in [4.69, 9.17) is 9.47 Å². The minimum atomic E-state index is -0.206. The molecule has 1 aliphatic rings. The Morgan fingerprint density at radius 3 is 2.85 bits per heavy atom. The van der Waals surface area contributed by atoms with Gasteiger partial charge in [0.05, 0.1) is 6.61 Å². The summed E-state index contributed by atoms with van der Waals surface area (Å²) in [5, 5.41) is 3.67. The summed E-state index contributed by atoms with van der Waals surface area (Å²) in [6.45, 7) is 8.18. The first-order valence-electron chi connectivity index (χ1n) is 7.66. The molecule has 2 rings (SSSR count). The van der Waals surface area contributed by atoms with E-state index in [2.05, 4.69) is 44.3 Å². The van der Waals surface area contributed by atoms with Gasteiger partial charge >= 0.3 is 0 Å². The van der Waals surface area contributed by atoms with Crippen molar-refractivity contribution in [1.29, 1.82) is 0 Å². The zero-order valence-corrected chi connectivity index (χ0v) is 13.2. The number of methoxy groups -OCH3 is 1. The van der Waals surface area contributed by atoms with Gasteiger partial charge in [-0.3, -0.25) is 0 Å². The fourth-order valence-corrected chi connectivity index (χ4v) is 2.96. The van der Waals surface area contributed by atoms with Gasteiger partial charge in [-0.1, -0.05) is 31.5 Å². The number of rotatable bonds is 6. The highest BCUT2D eigenvalue weighted by Gasteiger charge is 2.39. The van der Waals surface area contributed by atoms with Gasteiger partial charge in [-0.2, -0.15) is 0 Å². The van der Waals surface area contributed by atoms with Crippen molar-refractivity contribution in [3.8, 4) is 5.75 Å². The molecule has 0 radical (unpaired) electrons. The lowest BCUT2D eigenvalue weighted by Gasteiger charge is -2.42. The van der Waals surface area contributed by atoms with Crippen LogP contribution in [0.2, 0.25) is 0 Å². The van der Waals surface area contributed by atoms with Gasteiger partial charge in [0.25, 0.3) is 0 Å². The maximum Gasteiger partial charge on any atom is 0.134 e. The zero-order valence-electron chi connectivity index (χ0n) is 13.2. The smallest absolute Gasteiger partial charge is 0.134 e. The van der Waals surface area contributed by atoms with E-state index in [1.54, 1.807) is 7.11 Å². The van der Waals surface area contributed by atoms with Gasteiger partial charge in [-0.05, 0) is 32.4 Å². The van der Waals surface area contributed by atoms with E-state index in [-0.39, 0.29) is 5.60 Å². The van der Waals surface area contributed by atoms with E-state index in [0.717, 1.165) is 31.6 Å². The highest BCUT2D eigenvalue weighted by molar-refractivity contribution is 5.41. The van der Waals surface area contributed by atoms with E-state index in [9.17, 15) is 0 Å². The standard InChI is InChI=1S/C17H27NO2/c1-5-9-18-15-11-17(6-2,12-19-4)20-16-8-7-13(3)10-14(15)16/h7-8,10,15,18H,5-6,9,11-12H2,1-4H3. The number of hydrogen-bond acceptors (Lipinski definition) is 3. The van der Waals surface area contributed by atoms with Gasteiger partial charge in [0, 0.05) is 25.1 Å². The first-order chi connectivity index (χ1) is 9.64. The molecular weight excluding hydrogens is 250 g/mol. The van der Waals surface area contributed by atoms with Crippen molar-refractivity contribution < 1.29 is 9.47 Å². The summed E-state index contributed by atoms with van der Waals surface area (Å²) in [6, 6.07) is 6.82. The third-order valence-corrected chi connectivity index (χ3v) is 4.14. The van der Waals surface area contributed by atoms with Crippen molar-refractivity contribution in [3.05, 3.63) is 29.3 Å². The summed E-state index contributed by atoms with van der Waals surface area (Å²) in [7, 11) is 1.75. The topological polar surface area (TPSA) is 30.5 Å². The van der Waals surface area contributed by atoms with Crippen LogP contribution in [0.3, 0.4) is 0 Å². The van der Waals surface area contributed by atoms with Crippen LogP contribution >= 0.6 is 0 Å². The number of benzene rings is 1. The predicted molar refractivity (Wildman–Crippen MR) is 82.4 cm³/mol. The molecule has 0 aliphatic carbocycles. The van der Waals surface area contributed by atoms with Crippen LogP contribution in [-0.2, 0) is 4.74 Å². The Morgan fingerprint density at radius 2 is 2.20 bits per heavy atom. The molecule has 1 N–H and O–H groups in total. The second-order valence-corrected chi connectivity index (χ2v) is 5.82. The van der Waals surface area contributed by atoms with Crippen molar-refractivity contribution in [2.75, 3.05) is 20.3 Å². The summed E-state index contributed by atoms with van der Waals surface area (Å²) >= 11 is 0. The molecule has 2 unspecified atom stereocenters. The molecule has 0 amide bonds. The summed E-state index contributed by atoms with van der Waals surface area (Å²) in [4.78, 5) is 0. The highest BCUT2D eigenvalue weighted by atomic mass is 16.5. The van der Waals surface area contributed by atoms with E-state index in [1.807, 2.05) is 0 Å². The number of aryl methyl sites for hydroxylation is 1. The van der Waals surface area contributed by atoms with Gasteiger partial charge in [-0.15, -0.1) is 0 Å². The molecule has 0 fully saturated rings. The molecule has 112 valence electrons. The Hall–Kier alpha value is -1.06. The van der Waals surface area contributed by atoms with Crippen molar-refractivity contribution in [2.24, 2.45) is 0 Å². The fraction of sp³-hybridized carbons (Fsp3) is 0.647. The lowest BCUT2D eigenvalue weighted by atomic mass is 9.85. The Bertz CT molecular complexity index is 447. The molecular formula is C17H27NO2. The minimum absolute atomic E-state index is 0.206. The third-order valence-electron chi connectivity index (χ3n) is 4.14. The Labute approximate surface area is 122 Å². The number of fused-ring (bicyclic) bond motifs is 1. The van der Waals surface area contributed by atoms with Crippen molar-refractivity contribution >= 4 is 0 Å². The van der Waals surface area contributed by atoms with E-state index < -0.39 is 0 Å². The summed E-state index contributed by atoms with van der Waals surface area (Å²) in [6.07, 6.45) is 3.06. The fourth-order valence-electron chi connectivity index (χ4n) is 2.96. The molecule has 1 aliphatic heterocycles. The largest absolute Gasteiger partial charge is 0.484 e. The lowest BCUT2D eigenvalue weighted by molar-refractivity contribution is -0.0370.